The van der Waals surface area contributed by atoms with Crippen molar-refractivity contribution >= 4 is 34.5 Å². The number of pyridine rings is 2. The van der Waals surface area contributed by atoms with Gasteiger partial charge in [-0.05, 0) is 79.3 Å². The molecule has 5 heterocycles. The zero-order chi connectivity index (χ0) is 27.9. The molecule has 0 unspecified atom stereocenters. The van der Waals surface area contributed by atoms with E-state index >= 15 is 0 Å². The van der Waals surface area contributed by atoms with Gasteiger partial charge in [0.1, 0.15) is 17.2 Å². The fourth-order valence-electron chi connectivity index (χ4n) is 6.09. The highest BCUT2D eigenvalue weighted by Crippen LogP contribution is 2.36. The minimum atomic E-state index is 0.0227. The molecule has 41 heavy (non-hydrogen) atoms. The molecule has 4 aromatic heterocycles. The molecule has 10 nitrogen and oxygen atoms in total. The van der Waals surface area contributed by atoms with Crippen molar-refractivity contribution in [1.29, 1.82) is 0 Å². The number of aryl methyl sites for hydroxylation is 1. The Morgan fingerprint density at radius 3 is 2.71 bits per heavy atom. The Balaban J connectivity index is 1.23. The Kier molecular flexibility index (Phi) is 6.64. The number of rotatable bonds is 6. The number of likely N-dealkylation sites (tertiary alicyclic amines) is 1. The molecule has 0 spiro atoms. The predicted octanol–water partition coefficient (Wildman–Crippen LogP) is 4.06. The Labute approximate surface area is 242 Å². The number of imidazole rings is 1. The van der Waals surface area contributed by atoms with E-state index in [1.165, 1.54) is 11.1 Å². The number of hydrogen-bond donors (Lipinski definition) is 2. The van der Waals surface area contributed by atoms with E-state index in [0.29, 0.717) is 23.5 Å². The second kappa shape index (κ2) is 10.6. The molecule has 1 aromatic carbocycles. The number of nitrogens with two attached hydrogens (primary N) is 1. The van der Waals surface area contributed by atoms with Crippen LogP contribution in [-0.4, -0.2) is 65.1 Å². The highest BCUT2D eigenvalue weighted by molar-refractivity contribution is 6.27. The molecule has 1 atom stereocenters. The molecule has 1 aliphatic heterocycles. The third kappa shape index (κ3) is 4.72. The number of nitrogens with one attached hydrogen (secondary N) is 1. The quantitative estimate of drug-likeness (QED) is 0.297. The molecule has 3 N–H and O–H groups in total. The first kappa shape index (κ1) is 25.7. The third-order valence-corrected chi connectivity index (χ3v) is 8.40. The van der Waals surface area contributed by atoms with Crippen LogP contribution in [0, 0.1) is 0 Å². The Morgan fingerprint density at radius 2 is 1.93 bits per heavy atom. The van der Waals surface area contributed by atoms with E-state index in [0.717, 1.165) is 61.2 Å². The van der Waals surface area contributed by atoms with E-state index < -0.39 is 0 Å². The lowest BCUT2D eigenvalue weighted by atomic mass is 10.0. The summed E-state index contributed by atoms with van der Waals surface area (Å²) in [4.78, 5) is 28.1. The van der Waals surface area contributed by atoms with E-state index in [-0.39, 0.29) is 17.8 Å². The molecular weight excluding hydrogens is 538 g/mol. The summed E-state index contributed by atoms with van der Waals surface area (Å²) in [6.07, 6.45) is 9.18. The van der Waals surface area contributed by atoms with Crippen LogP contribution in [0.25, 0.3) is 34.1 Å². The molecule has 11 heteroatoms. The van der Waals surface area contributed by atoms with Crippen LogP contribution in [0.2, 0.25) is 0 Å². The van der Waals surface area contributed by atoms with E-state index in [9.17, 15) is 4.79 Å². The first-order valence-electron chi connectivity index (χ1n) is 13.9. The molecule has 1 aliphatic carbocycles. The van der Waals surface area contributed by atoms with Crippen LogP contribution < -0.4 is 11.1 Å². The summed E-state index contributed by atoms with van der Waals surface area (Å²) in [6.45, 7) is 1.51. The largest absolute Gasteiger partial charge is 0.383 e. The Bertz CT molecular complexity index is 1720. The number of benzene rings is 1. The molecule has 0 bridgehead atoms. The van der Waals surface area contributed by atoms with Crippen molar-refractivity contribution in [3.63, 3.8) is 0 Å². The SMILES string of the molecule is Nc1ncccc1-c1nc2ccc(-n3cccn3)nc2n1-c1ccc2c(c1)CC[C@@H]2NC1CCN(C(=O)CCl)CC1. The van der Waals surface area contributed by atoms with E-state index in [1.54, 1.807) is 17.1 Å². The maximum Gasteiger partial charge on any atom is 0.237 e. The highest BCUT2D eigenvalue weighted by Gasteiger charge is 2.29. The van der Waals surface area contributed by atoms with Crippen molar-refractivity contribution in [3.8, 4) is 22.9 Å². The Hall–Kier alpha value is -4.28. The first-order chi connectivity index (χ1) is 20.1. The van der Waals surface area contributed by atoms with Gasteiger partial charge in [-0.1, -0.05) is 6.07 Å². The smallest absolute Gasteiger partial charge is 0.237 e. The van der Waals surface area contributed by atoms with Crippen molar-refractivity contribution in [2.24, 2.45) is 0 Å². The van der Waals surface area contributed by atoms with Crippen molar-refractivity contribution in [1.82, 2.24) is 39.5 Å². The summed E-state index contributed by atoms with van der Waals surface area (Å²) in [5.41, 5.74) is 12.2. The normalized spacial score (nSPS) is 17.3. The van der Waals surface area contributed by atoms with Crippen LogP contribution in [0.3, 0.4) is 0 Å². The average Bonchev–Trinajstić information content (AvgIpc) is 3.76. The number of fused-ring (bicyclic) bond motifs is 2. The van der Waals surface area contributed by atoms with Gasteiger partial charge in [-0.2, -0.15) is 5.10 Å². The Morgan fingerprint density at radius 1 is 1.05 bits per heavy atom. The maximum absolute atomic E-state index is 12.0. The zero-order valence-corrected chi connectivity index (χ0v) is 23.2. The van der Waals surface area contributed by atoms with Gasteiger partial charge in [0.05, 0.1) is 5.56 Å². The van der Waals surface area contributed by atoms with Gasteiger partial charge < -0.3 is 16.0 Å². The minimum Gasteiger partial charge on any atom is -0.383 e. The van der Waals surface area contributed by atoms with E-state index in [1.807, 2.05) is 41.4 Å². The van der Waals surface area contributed by atoms with E-state index in [2.05, 4.69) is 38.2 Å². The molecule has 2 aliphatic rings. The molecule has 208 valence electrons. The molecule has 0 radical (unpaired) electrons. The lowest BCUT2D eigenvalue weighted by Gasteiger charge is -2.33. The van der Waals surface area contributed by atoms with Crippen LogP contribution in [0.15, 0.2) is 67.1 Å². The number of hydrogen-bond acceptors (Lipinski definition) is 7. The van der Waals surface area contributed by atoms with Gasteiger partial charge in [0, 0.05) is 49.5 Å². The number of anilines is 1. The van der Waals surface area contributed by atoms with Crippen LogP contribution >= 0.6 is 11.6 Å². The predicted molar refractivity (Wildman–Crippen MR) is 158 cm³/mol. The van der Waals surface area contributed by atoms with Gasteiger partial charge >= 0.3 is 0 Å². The fourth-order valence-corrected chi connectivity index (χ4v) is 6.26. The number of nitrogens with zero attached hydrogens (tertiary/aromatic N) is 7. The molecule has 1 amide bonds. The van der Waals surface area contributed by atoms with Crippen LogP contribution in [-0.2, 0) is 11.2 Å². The summed E-state index contributed by atoms with van der Waals surface area (Å²) < 4.78 is 3.81. The number of amides is 1. The summed E-state index contributed by atoms with van der Waals surface area (Å²) in [5.74, 6) is 1.90. The molecule has 0 saturated carbocycles. The maximum atomic E-state index is 12.0. The van der Waals surface area contributed by atoms with Crippen molar-refractivity contribution in [2.45, 2.75) is 37.8 Å². The number of halogens is 1. The number of piperidine rings is 1. The molecule has 5 aromatic rings. The second-order valence-electron chi connectivity index (χ2n) is 10.6. The number of nitrogen functional groups attached to an aromatic ring is 1. The average molecular weight is 568 g/mol. The first-order valence-corrected chi connectivity index (χ1v) is 14.5. The lowest BCUT2D eigenvalue weighted by molar-refractivity contribution is -0.129. The fraction of sp³-hybridized carbons (Fsp3) is 0.300. The van der Waals surface area contributed by atoms with Crippen LogP contribution in [0.5, 0.6) is 0 Å². The molecule has 7 rings (SSSR count). The van der Waals surface area contributed by atoms with Gasteiger partial charge in [0.15, 0.2) is 17.3 Å². The topological polar surface area (TPSA) is 120 Å². The third-order valence-electron chi connectivity index (χ3n) is 8.17. The number of carbonyl (C=O) groups is 1. The summed E-state index contributed by atoms with van der Waals surface area (Å²) in [7, 11) is 0. The monoisotopic (exact) mass is 567 g/mol. The van der Waals surface area contributed by atoms with Crippen molar-refractivity contribution in [3.05, 3.63) is 78.2 Å². The molecule has 1 saturated heterocycles. The second-order valence-corrected chi connectivity index (χ2v) is 10.9. The molecular formula is C30H30ClN9O. The zero-order valence-electron chi connectivity index (χ0n) is 22.4. The van der Waals surface area contributed by atoms with Crippen molar-refractivity contribution in [2.75, 3.05) is 24.7 Å². The minimum absolute atomic E-state index is 0.0227. The van der Waals surface area contributed by atoms with E-state index in [4.69, 9.17) is 27.3 Å². The van der Waals surface area contributed by atoms with Crippen LogP contribution in [0.1, 0.15) is 36.4 Å². The summed E-state index contributed by atoms with van der Waals surface area (Å²) in [6, 6.07) is 16.8. The number of alkyl halides is 1. The summed E-state index contributed by atoms with van der Waals surface area (Å²) in [5, 5.41) is 8.22. The van der Waals surface area contributed by atoms with Crippen molar-refractivity contribution < 1.29 is 4.79 Å². The highest BCUT2D eigenvalue weighted by atomic mass is 35.5. The van der Waals surface area contributed by atoms with Gasteiger partial charge in [-0.3, -0.25) is 9.36 Å². The van der Waals surface area contributed by atoms with Gasteiger partial charge in [-0.25, -0.2) is 19.6 Å². The van der Waals surface area contributed by atoms with Crippen LogP contribution in [0.4, 0.5) is 5.82 Å². The summed E-state index contributed by atoms with van der Waals surface area (Å²) >= 11 is 5.75. The lowest BCUT2D eigenvalue weighted by Crippen LogP contribution is -2.46. The van der Waals surface area contributed by atoms with Gasteiger partial charge in [0.2, 0.25) is 5.91 Å². The number of carbonyl (C=O) groups excluding carboxylic acids is 1. The molecule has 1 fully saturated rings. The number of aromatic nitrogens is 6. The standard InChI is InChI=1S/C30H30ClN9O/c31-18-27(41)38-15-10-20(11-16-38)35-24-7-4-19-17-21(5-6-22(19)24)40-29(23-3-1-12-33-28(23)32)36-25-8-9-26(37-30(25)40)39-14-2-13-34-39/h1-3,5-6,8-9,12-14,17,20,24,35H,4,7,10-11,15-16,18H2,(H2,32,33)/t24-/m0/s1. The van der Waals surface area contributed by atoms with Gasteiger partial charge in [0.25, 0.3) is 0 Å². The van der Waals surface area contributed by atoms with Gasteiger partial charge in [-0.15, -0.1) is 11.6 Å².